The molecular formula is C21H29NO6. The Morgan fingerprint density at radius 3 is 2.39 bits per heavy atom. The van der Waals surface area contributed by atoms with Crippen molar-refractivity contribution in [2.45, 2.75) is 52.4 Å². The fourth-order valence-corrected chi connectivity index (χ4v) is 3.46. The average molecular weight is 391 g/mol. The zero-order chi connectivity index (χ0) is 21.1. The fourth-order valence-electron chi connectivity index (χ4n) is 3.46. The van der Waals surface area contributed by atoms with Crippen LogP contribution in [0.4, 0.5) is 0 Å². The van der Waals surface area contributed by atoms with Gasteiger partial charge in [-0.2, -0.15) is 0 Å². The maximum absolute atomic E-state index is 13.0. The van der Waals surface area contributed by atoms with E-state index in [1.807, 2.05) is 32.0 Å². The monoisotopic (exact) mass is 391 g/mol. The molecule has 0 fully saturated rings. The Kier molecular flexibility index (Phi) is 6.49. The number of rotatable bonds is 7. The lowest BCUT2D eigenvalue weighted by molar-refractivity contribution is -0.174. The molecule has 7 nitrogen and oxygen atoms in total. The number of methoxy groups -OCH3 is 1. The summed E-state index contributed by atoms with van der Waals surface area (Å²) < 4.78 is 16.2. The molecule has 0 unspecified atom stereocenters. The maximum atomic E-state index is 13.0. The van der Waals surface area contributed by atoms with Crippen LogP contribution in [0.15, 0.2) is 35.3 Å². The predicted octanol–water partition coefficient (Wildman–Crippen LogP) is 2.35. The molecule has 0 saturated carbocycles. The predicted molar refractivity (Wildman–Crippen MR) is 104 cm³/mol. The first-order valence-electron chi connectivity index (χ1n) is 9.38. The summed E-state index contributed by atoms with van der Waals surface area (Å²) in [6.07, 6.45) is -2.35. The molecule has 0 aromatic heterocycles. The van der Waals surface area contributed by atoms with E-state index in [0.717, 1.165) is 0 Å². The number of nitrogens with zero attached hydrogens (tertiary/aromatic N) is 1. The highest BCUT2D eigenvalue weighted by atomic mass is 16.5. The van der Waals surface area contributed by atoms with Crippen molar-refractivity contribution < 1.29 is 28.9 Å². The second-order valence-electron chi connectivity index (χ2n) is 7.73. The number of ether oxygens (including phenoxy) is 3. The van der Waals surface area contributed by atoms with Gasteiger partial charge in [-0.3, -0.25) is 4.79 Å². The smallest absolute Gasteiger partial charge is 0.340 e. The molecule has 0 amide bonds. The van der Waals surface area contributed by atoms with Crippen molar-refractivity contribution in [3.8, 4) is 0 Å². The number of benzene rings is 1. The Bertz CT molecular complexity index is 743. The first-order valence-corrected chi connectivity index (χ1v) is 9.38. The first-order chi connectivity index (χ1) is 13.1. The van der Waals surface area contributed by atoms with Gasteiger partial charge >= 0.3 is 11.9 Å². The van der Waals surface area contributed by atoms with Gasteiger partial charge in [-0.15, -0.1) is 0 Å². The number of carbonyl (C=O) groups is 2. The van der Waals surface area contributed by atoms with Gasteiger partial charge in [0, 0.05) is 5.56 Å². The van der Waals surface area contributed by atoms with Crippen LogP contribution in [-0.4, -0.2) is 54.4 Å². The van der Waals surface area contributed by atoms with E-state index in [9.17, 15) is 14.7 Å². The van der Waals surface area contributed by atoms with Crippen LogP contribution in [0.5, 0.6) is 0 Å². The summed E-state index contributed by atoms with van der Waals surface area (Å²) in [5, 5.41) is 11.3. The van der Waals surface area contributed by atoms with E-state index in [-0.39, 0.29) is 18.4 Å². The molecule has 7 heteroatoms. The Morgan fingerprint density at radius 1 is 1.29 bits per heavy atom. The molecule has 1 heterocycles. The molecule has 1 aromatic carbocycles. The van der Waals surface area contributed by atoms with E-state index in [4.69, 9.17) is 14.2 Å². The Hall–Kier alpha value is -2.41. The molecule has 0 bridgehead atoms. The number of aliphatic imine (C=N–C) groups is 1. The van der Waals surface area contributed by atoms with Gasteiger partial charge in [0.1, 0.15) is 12.2 Å². The van der Waals surface area contributed by atoms with Crippen LogP contribution in [0.2, 0.25) is 0 Å². The topological polar surface area (TPSA) is 94.4 Å². The molecule has 0 spiro atoms. The van der Waals surface area contributed by atoms with Gasteiger partial charge in [-0.1, -0.05) is 32.0 Å². The largest absolute Gasteiger partial charge is 0.471 e. The summed E-state index contributed by atoms with van der Waals surface area (Å²) in [5.74, 6) is -1.36. The first kappa shape index (κ1) is 21.9. The standard InChI is InChI=1S/C21H29NO6/c1-7-27-18(24)20(4,5)17(23)21(19(25)26-6)15(13(2)3)28-16(22-21)14-11-9-8-10-12-14/h8-13,15,17,23H,7H2,1-6H3/t15-,17-,21+/m0/s1. The highest BCUT2D eigenvalue weighted by molar-refractivity contribution is 6.00. The number of aliphatic hydroxyl groups is 1. The molecule has 0 aliphatic carbocycles. The van der Waals surface area contributed by atoms with Gasteiger partial charge < -0.3 is 19.3 Å². The summed E-state index contributed by atoms with van der Waals surface area (Å²) in [7, 11) is 1.22. The van der Waals surface area contributed by atoms with E-state index >= 15 is 0 Å². The van der Waals surface area contributed by atoms with Crippen molar-refractivity contribution in [1.82, 2.24) is 0 Å². The van der Waals surface area contributed by atoms with Gasteiger partial charge in [0.05, 0.1) is 19.1 Å². The van der Waals surface area contributed by atoms with Crippen molar-refractivity contribution in [2.24, 2.45) is 16.3 Å². The van der Waals surface area contributed by atoms with Crippen LogP contribution in [0.25, 0.3) is 0 Å². The van der Waals surface area contributed by atoms with E-state index in [1.165, 1.54) is 21.0 Å². The third-order valence-corrected chi connectivity index (χ3v) is 5.00. The van der Waals surface area contributed by atoms with E-state index in [0.29, 0.717) is 5.56 Å². The lowest BCUT2D eigenvalue weighted by atomic mass is 9.70. The van der Waals surface area contributed by atoms with Gasteiger partial charge in [-0.25, -0.2) is 9.79 Å². The number of aliphatic hydroxyl groups excluding tert-OH is 1. The number of esters is 2. The molecule has 1 N–H and O–H groups in total. The third-order valence-electron chi connectivity index (χ3n) is 5.00. The van der Waals surface area contributed by atoms with Crippen molar-refractivity contribution in [3.05, 3.63) is 35.9 Å². The summed E-state index contributed by atoms with van der Waals surface area (Å²) in [6.45, 7) is 8.59. The highest BCUT2D eigenvalue weighted by Crippen LogP contribution is 2.43. The minimum Gasteiger partial charge on any atom is -0.471 e. The second kappa shape index (κ2) is 8.31. The average Bonchev–Trinajstić information content (AvgIpc) is 3.09. The van der Waals surface area contributed by atoms with Crippen molar-refractivity contribution in [2.75, 3.05) is 13.7 Å². The van der Waals surface area contributed by atoms with Gasteiger partial charge in [-0.05, 0) is 38.8 Å². The quantitative estimate of drug-likeness (QED) is 0.717. The SMILES string of the molecule is CCOC(=O)C(C)(C)[C@H](O)[C@]1(C(=O)OC)N=C(c2ccccc2)O[C@H]1C(C)C. The molecule has 1 aliphatic rings. The van der Waals surface area contributed by atoms with Crippen LogP contribution in [0.1, 0.15) is 40.2 Å². The zero-order valence-corrected chi connectivity index (χ0v) is 17.3. The molecular weight excluding hydrogens is 362 g/mol. The van der Waals surface area contributed by atoms with Crippen LogP contribution in [-0.2, 0) is 23.8 Å². The molecule has 2 rings (SSSR count). The molecule has 1 aliphatic heterocycles. The second-order valence-corrected chi connectivity index (χ2v) is 7.73. The van der Waals surface area contributed by atoms with Crippen LogP contribution < -0.4 is 0 Å². The lowest BCUT2D eigenvalue weighted by Gasteiger charge is -2.40. The molecule has 28 heavy (non-hydrogen) atoms. The lowest BCUT2D eigenvalue weighted by Crippen LogP contribution is -2.63. The summed E-state index contributed by atoms with van der Waals surface area (Å²) in [6, 6.07) is 9.09. The fraction of sp³-hybridized carbons (Fsp3) is 0.571. The molecule has 154 valence electrons. The Balaban J connectivity index is 2.64. The van der Waals surface area contributed by atoms with E-state index in [1.54, 1.807) is 19.1 Å². The summed E-state index contributed by atoms with van der Waals surface area (Å²) in [4.78, 5) is 30.0. The Labute approximate surface area is 165 Å². The van der Waals surface area contributed by atoms with E-state index < -0.39 is 35.1 Å². The Morgan fingerprint density at radius 2 is 1.89 bits per heavy atom. The molecule has 0 radical (unpaired) electrons. The summed E-state index contributed by atoms with van der Waals surface area (Å²) >= 11 is 0. The highest BCUT2D eigenvalue weighted by Gasteiger charge is 2.64. The number of carbonyl (C=O) groups excluding carboxylic acids is 2. The zero-order valence-electron chi connectivity index (χ0n) is 17.3. The minimum absolute atomic E-state index is 0.156. The number of hydrogen-bond acceptors (Lipinski definition) is 7. The van der Waals surface area contributed by atoms with Crippen molar-refractivity contribution in [3.63, 3.8) is 0 Å². The van der Waals surface area contributed by atoms with Crippen LogP contribution >= 0.6 is 0 Å². The van der Waals surface area contributed by atoms with Gasteiger partial charge in [0.15, 0.2) is 0 Å². The van der Waals surface area contributed by atoms with Crippen molar-refractivity contribution >= 4 is 17.8 Å². The maximum Gasteiger partial charge on any atom is 0.340 e. The van der Waals surface area contributed by atoms with E-state index in [2.05, 4.69) is 4.99 Å². The molecule has 3 atom stereocenters. The van der Waals surface area contributed by atoms with Crippen LogP contribution in [0, 0.1) is 11.3 Å². The van der Waals surface area contributed by atoms with Crippen LogP contribution in [0.3, 0.4) is 0 Å². The summed E-state index contributed by atoms with van der Waals surface area (Å²) in [5.41, 5.74) is -2.55. The van der Waals surface area contributed by atoms with Gasteiger partial charge in [0.2, 0.25) is 11.4 Å². The minimum atomic E-state index is -1.80. The third kappa shape index (κ3) is 3.63. The normalized spacial score (nSPS) is 23.0. The molecule has 1 aromatic rings. The van der Waals surface area contributed by atoms with Gasteiger partial charge in [0.25, 0.3) is 0 Å². The molecule has 0 saturated heterocycles. The van der Waals surface area contributed by atoms with Crippen molar-refractivity contribution in [1.29, 1.82) is 0 Å². The number of hydrogen-bond donors (Lipinski definition) is 1.